The number of ether oxygens (including phenoxy) is 1. The van der Waals surface area contributed by atoms with Gasteiger partial charge in [0, 0.05) is 12.0 Å². The summed E-state index contributed by atoms with van der Waals surface area (Å²) >= 11 is 1.86. The van der Waals surface area contributed by atoms with Gasteiger partial charge in [0.25, 0.3) is 0 Å². The molecule has 182 valence electrons. The number of hydrogen-bond donors (Lipinski definition) is 1. The predicted octanol–water partition coefficient (Wildman–Crippen LogP) is 7.56. The Labute approximate surface area is 206 Å². The van der Waals surface area contributed by atoms with Crippen LogP contribution in [0.3, 0.4) is 0 Å². The van der Waals surface area contributed by atoms with Gasteiger partial charge >= 0.3 is 6.09 Å². The van der Waals surface area contributed by atoms with Gasteiger partial charge in [0.15, 0.2) is 0 Å². The van der Waals surface area contributed by atoms with Crippen molar-refractivity contribution in [2.24, 2.45) is 0 Å². The molecule has 33 heavy (non-hydrogen) atoms. The van der Waals surface area contributed by atoms with Gasteiger partial charge in [-0.05, 0) is 87.1 Å². The van der Waals surface area contributed by atoms with Gasteiger partial charge in [0.1, 0.15) is 5.60 Å². The molecule has 1 aliphatic carbocycles. The van der Waals surface area contributed by atoms with Crippen LogP contribution in [0.4, 0.5) is 4.79 Å². The summed E-state index contributed by atoms with van der Waals surface area (Å²) in [5, 5.41) is 3.19. The first kappa shape index (κ1) is 27.3. The number of carbonyl (C=O) groups is 1. The van der Waals surface area contributed by atoms with Crippen LogP contribution in [0.15, 0.2) is 48.5 Å². The zero-order valence-electron chi connectivity index (χ0n) is 21.4. The Hall–Kier alpha value is -1.94. The van der Waals surface area contributed by atoms with Crippen LogP contribution in [0.5, 0.6) is 0 Å². The number of hydrogen-bond acceptors (Lipinski definition) is 3. The fraction of sp³-hybridized carbons (Fsp3) is 0.552. The number of rotatable bonds is 7. The van der Waals surface area contributed by atoms with Crippen molar-refractivity contribution in [1.29, 1.82) is 0 Å². The first-order valence-corrected chi connectivity index (χ1v) is 13.8. The second kappa shape index (κ2) is 13.7. The summed E-state index contributed by atoms with van der Waals surface area (Å²) in [6.07, 6.45) is 8.17. The second-order valence-electron chi connectivity index (χ2n) is 9.80. The van der Waals surface area contributed by atoms with Crippen molar-refractivity contribution in [3.8, 4) is 0 Å². The summed E-state index contributed by atoms with van der Waals surface area (Å²) in [6, 6.07) is 17.7. The molecule has 2 atom stereocenters. The van der Waals surface area contributed by atoms with E-state index >= 15 is 0 Å². The van der Waals surface area contributed by atoms with Crippen molar-refractivity contribution < 1.29 is 9.53 Å². The van der Waals surface area contributed by atoms with E-state index in [0.717, 1.165) is 25.7 Å². The minimum atomic E-state index is -0.487. The van der Waals surface area contributed by atoms with Gasteiger partial charge in [-0.25, -0.2) is 4.79 Å². The van der Waals surface area contributed by atoms with E-state index in [1.54, 1.807) is 0 Å². The molecule has 1 amide bonds. The van der Waals surface area contributed by atoms with E-state index in [0.29, 0.717) is 0 Å². The van der Waals surface area contributed by atoms with Crippen molar-refractivity contribution in [2.45, 2.75) is 90.7 Å². The molecule has 3 rings (SSSR count). The highest BCUT2D eigenvalue weighted by Crippen LogP contribution is 2.35. The molecule has 0 saturated carbocycles. The third-order valence-corrected chi connectivity index (χ3v) is 6.51. The summed E-state index contributed by atoms with van der Waals surface area (Å²) in [5.74, 6) is 1.50. The molecule has 0 radical (unpaired) electrons. The van der Waals surface area contributed by atoms with Crippen molar-refractivity contribution in [3.63, 3.8) is 0 Å². The second-order valence-corrected chi connectivity index (χ2v) is 11.0. The van der Waals surface area contributed by atoms with Crippen molar-refractivity contribution in [1.82, 2.24) is 5.32 Å². The topological polar surface area (TPSA) is 38.3 Å². The maximum atomic E-state index is 12.5. The first-order chi connectivity index (χ1) is 15.8. The van der Waals surface area contributed by atoms with E-state index in [-0.39, 0.29) is 18.1 Å². The third kappa shape index (κ3) is 9.44. The van der Waals surface area contributed by atoms with E-state index < -0.39 is 5.60 Å². The largest absolute Gasteiger partial charge is 0.444 e. The molecule has 3 nitrogen and oxygen atoms in total. The fourth-order valence-corrected chi connectivity index (χ4v) is 4.23. The smallest absolute Gasteiger partial charge is 0.407 e. The summed E-state index contributed by atoms with van der Waals surface area (Å²) in [7, 11) is 0. The average Bonchev–Trinajstić information content (AvgIpc) is 2.78. The monoisotopic (exact) mass is 469 g/mol. The van der Waals surface area contributed by atoms with Gasteiger partial charge < -0.3 is 10.1 Å². The van der Waals surface area contributed by atoms with Crippen LogP contribution in [-0.2, 0) is 24.0 Å². The fourth-order valence-electron chi connectivity index (χ4n) is 4.23. The van der Waals surface area contributed by atoms with E-state index in [9.17, 15) is 4.79 Å². The number of unbranched alkanes of at least 4 members (excludes halogenated alkanes) is 1. The Morgan fingerprint density at radius 3 is 2.39 bits per heavy atom. The molecule has 0 fully saturated rings. The lowest BCUT2D eigenvalue weighted by Crippen LogP contribution is -2.44. The predicted molar refractivity (Wildman–Crippen MR) is 143 cm³/mol. The minimum absolute atomic E-state index is 0.0824. The van der Waals surface area contributed by atoms with Crippen molar-refractivity contribution >= 4 is 17.9 Å². The normalized spacial score (nSPS) is 17.4. The van der Waals surface area contributed by atoms with Crippen LogP contribution >= 0.6 is 11.8 Å². The number of benzene rings is 2. The lowest BCUT2D eigenvalue weighted by molar-refractivity contribution is 0.0491. The number of nitrogens with one attached hydrogen (secondary N) is 1. The zero-order valence-corrected chi connectivity index (χ0v) is 22.3. The number of aryl methyl sites for hydroxylation is 2. The highest BCUT2D eigenvalue weighted by Gasteiger charge is 2.32. The van der Waals surface area contributed by atoms with E-state index in [4.69, 9.17) is 4.74 Å². The molecule has 0 spiro atoms. The Morgan fingerprint density at radius 2 is 1.79 bits per heavy atom. The van der Waals surface area contributed by atoms with E-state index in [1.807, 2.05) is 32.5 Å². The quantitative estimate of drug-likeness (QED) is 0.454. The molecular weight excluding hydrogens is 426 g/mol. The van der Waals surface area contributed by atoms with Crippen LogP contribution in [0.2, 0.25) is 0 Å². The Morgan fingerprint density at radius 1 is 1.09 bits per heavy atom. The number of amides is 1. The highest BCUT2D eigenvalue weighted by atomic mass is 32.2. The molecule has 0 saturated heterocycles. The van der Waals surface area contributed by atoms with Crippen molar-refractivity contribution in [2.75, 3.05) is 12.0 Å². The third-order valence-electron chi connectivity index (χ3n) is 5.93. The lowest BCUT2D eigenvalue weighted by Gasteiger charge is -2.35. The summed E-state index contributed by atoms with van der Waals surface area (Å²) < 4.78 is 5.55. The van der Waals surface area contributed by atoms with Gasteiger partial charge in [0.2, 0.25) is 0 Å². The van der Waals surface area contributed by atoms with Crippen LogP contribution in [0, 0.1) is 0 Å². The summed E-state index contributed by atoms with van der Waals surface area (Å²) in [5.41, 5.74) is 5.05. The molecule has 1 aliphatic rings. The molecule has 0 aliphatic heterocycles. The molecule has 2 aromatic carbocycles. The highest BCUT2D eigenvalue weighted by molar-refractivity contribution is 7.98. The van der Waals surface area contributed by atoms with Gasteiger partial charge in [-0.15, -0.1) is 0 Å². The summed E-state index contributed by atoms with van der Waals surface area (Å²) in [6.45, 7) is 10.1. The van der Waals surface area contributed by atoms with Crippen LogP contribution in [0.1, 0.15) is 82.1 Å². The molecule has 4 heteroatoms. The lowest BCUT2D eigenvalue weighted by atomic mass is 9.75. The maximum Gasteiger partial charge on any atom is 0.407 e. The molecule has 0 aromatic heterocycles. The molecule has 0 heterocycles. The molecule has 2 aromatic rings. The number of thioether (sulfide) groups is 1. The van der Waals surface area contributed by atoms with Crippen LogP contribution < -0.4 is 5.32 Å². The number of carbonyl (C=O) groups excluding carboxylic acids is 1. The van der Waals surface area contributed by atoms with Crippen molar-refractivity contribution in [3.05, 3.63) is 70.8 Å². The molecular formula is C29H43NO2S. The SMILES string of the molecule is CCCCc1ccc2c(c1)C(Cc1ccccc1)C(NC(=O)OC(C)(C)C)CC2.CCSC. The number of fused-ring (bicyclic) bond motifs is 1. The standard InChI is InChI=1S/C26H35NO2.C3H8S/c1-5-6-10-20-13-14-21-15-16-24(27-25(28)29-26(2,3)4)23(22(21)17-20)18-19-11-8-7-9-12-19;1-3-4-2/h7-9,11-14,17,23-24H,5-6,10,15-16,18H2,1-4H3,(H,27,28);3H2,1-2H3. The molecule has 0 bridgehead atoms. The van der Waals surface area contributed by atoms with Crippen LogP contribution in [0.25, 0.3) is 0 Å². The van der Waals surface area contributed by atoms with E-state index in [2.05, 4.69) is 74.0 Å². The average molecular weight is 470 g/mol. The molecule has 2 unspecified atom stereocenters. The minimum Gasteiger partial charge on any atom is -0.444 e. The number of alkyl carbamates (subject to hydrolysis) is 1. The summed E-state index contributed by atoms with van der Waals surface area (Å²) in [4.78, 5) is 12.5. The Balaban J connectivity index is 0.000000890. The first-order valence-electron chi connectivity index (χ1n) is 12.4. The van der Waals surface area contributed by atoms with E-state index in [1.165, 1.54) is 40.8 Å². The van der Waals surface area contributed by atoms with Crippen LogP contribution in [-0.4, -0.2) is 29.7 Å². The van der Waals surface area contributed by atoms with Gasteiger partial charge in [-0.3, -0.25) is 0 Å². The zero-order chi connectivity index (χ0) is 24.3. The van der Waals surface area contributed by atoms with Gasteiger partial charge in [-0.2, -0.15) is 11.8 Å². The van der Waals surface area contributed by atoms with Gasteiger partial charge in [-0.1, -0.05) is 68.8 Å². The molecule has 1 N–H and O–H groups in total. The Bertz CT molecular complexity index is 842. The maximum absolute atomic E-state index is 12.5. The van der Waals surface area contributed by atoms with Gasteiger partial charge in [0.05, 0.1) is 0 Å². The Kier molecular flexibility index (Phi) is 11.3.